The first-order valence-corrected chi connectivity index (χ1v) is 6.96. The number of rotatable bonds is 7. The molecular weight excluding hydrogens is 222 g/mol. The SMILES string of the molecule is CCc1ccc(C(COC(C)C(C)C)NC)cc1. The molecule has 0 bridgehead atoms. The number of aryl methyl sites for hydroxylation is 1. The van der Waals surface area contributed by atoms with E-state index in [9.17, 15) is 0 Å². The molecule has 0 aliphatic carbocycles. The molecule has 0 aliphatic heterocycles. The highest BCUT2D eigenvalue weighted by molar-refractivity contribution is 5.25. The second-order valence-electron chi connectivity index (χ2n) is 5.22. The minimum atomic E-state index is 0.275. The Morgan fingerprint density at radius 2 is 1.72 bits per heavy atom. The Hall–Kier alpha value is -0.860. The summed E-state index contributed by atoms with van der Waals surface area (Å²) in [6, 6.07) is 9.07. The molecule has 1 aromatic rings. The van der Waals surface area contributed by atoms with Crippen molar-refractivity contribution in [2.45, 2.75) is 46.3 Å². The van der Waals surface area contributed by atoms with Crippen molar-refractivity contribution in [2.24, 2.45) is 5.92 Å². The third kappa shape index (κ3) is 4.43. The van der Waals surface area contributed by atoms with Gasteiger partial charge in [0.05, 0.1) is 18.8 Å². The Labute approximate surface area is 112 Å². The molecule has 0 amide bonds. The van der Waals surface area contributed by atoms with Gasteiger partial charge in [-0.05, 0) is 37.4 Å². The van der Waals surface area contributed by atoms with Crippen molar-refractivity contribution < 1.29 is 4.74 Å². The molecule has 0 aliphatic rings. The molecule has 0 saturated carbocycles. The van der Waals surface area contributed by atoms with Crippen LogP contribution in [0.15, 0.2) is 24.3 Å². The number of hydrogen-bond donors (Lipinski definition) is 1. The third-order valence-corrected chi connectivity index (χ3v) is 3.60. The number of nitrogens with one attached hydrogen (secondary N) is 1. The molecule has 1 aromatic carbocycles. The second-order valence-corrected chi connectivity index (χ2v) is 5.22. The number of hydrogen-bond acceptors (Lipinski definition) is 2. The van der Waals surface area contributed by atoms with Gasteiger partial charge in [0.15, 0.2) is 0 Å². The van der Waals surface area contributed by atoms with Gasteiger partial charge in [0.25, 0.3) is 0 Å². The molecular formula is C16H27NO. The lowest BCUT2D eigenvalue weighted by atomic mass is 10.0. The maximum atomic E-state index is 5.90. The zero-order valence-electron chi connectivity index (χ0n) is 12.4. The lowest BCUT2D eigenvalue weighted by molar-refractivity contribution is 0.0229. The zero-order valence-corrected chi connectivity index (χ0v) is 12.4. The van der Waals surface area contributed by atoms with Crippen LogP contribution >= 0.6 is 0 Å². The summed E-state index contributed by atoms with van der Waals surface area (Å²) in [5, 5.41) is 3.33. The Balaban J connectivity index is 2.59. The van der Waals surface area contributed by atoms with Crippen molar-refractivity contribution in [2.75, 3.05) is 13.7 Å². The molecule has 2 heteroatoms. The van der Waals surface area contributed by atoms with Crippen LogP contribution < -0.4 is 5.32 Å². The molecule has 1 N–H and O–H groups in total. The van der Waals surface area contributed by atoms with Crippen LogP contribution in [0, 0.1) is 5.92 Å². The van der Waals surface area contributed by atoms with Crippen molar-refractivity contribution in [3.8, 4) is 0 Å². The fourth-order valence-electron chi connectivity index (χ4n) is 1.77. The van der Waals surface area contributed by atoms with E-state index < -0.39 is 0 Å². The normalized spacial score (nSPS) is 14.8. The topological polar surface area (TPSA) is 21.3 Å². The molecule has 0 spiro atoms. The summed E-state index contributed by atoms with van der Waals surface area (Å²) in [5.41, 5.74) is 2.68. The number of likely N-dealkylation sites (N-methyl/N-ethyl adjacent to an activating group) is 1. The fraction of sp³-hybridized carbons (Fsp3) is 0.625. The molecule has 2 atom stereocenters. The second kappa shape index (κ2) is 7.55. The smallest absolute Gasteiger partial charge is 0.0665 e. The van der Waals surface area contributed by atoms with Crippen LogP contribution in [-0.2, 0) is 11.2 Å². The van der Waals surface area contributed by atoms with Gasteiger partial charge in [0.1, 0.15) is 0 Å². The largest absolute Gasteiger partial charge is 0.376 e. The minimum Gasteiger partial charge on any atom is -0.376 e. The number of benzene rings is 1. The van der Waals surface area contributed by atoms with Crippen LogP contribution in [0.5, 0.6) is 0 Å². The van der Waals surface area contributed by atoms with E-state index in [1.807, 2.05) is 7.05 Å². The Morgan fingerprint density at radius 1 is 1.11 bits per heavy atom. The van der Waals surface area contributed by atoms with Crippen LogP contribution in [0.3, 0.4) is 0 Å². The molecule has 0 aromatic heterocycles. The maximum Gasteiger partial charge on any atom is 0.0665 e. The van der Waals surface area contributed by atoms with Gasteiger partial charge in [-0.1, -0.05) is 45.0 Å². The van der Waals surface area contributed by atoms with Crippen LogP contribution in [0.2, 0.25) is 0 Å². The minimum absolute atomic E-state index is 0.275. The van der Waals surface area contributed by atoms with Crippen molar-refractivity contribution in [1.82, 2.24) is 5.32 Å². The first-order chi connectivity index (χ1) is 8.58. The molecule has 0 heterocycles. The van der Waals surface area contributed by atoms with Crippen LogP contribution in [0.25, 0.3) is 0 Å². The summed E-state index contributed by atoms with van der Waals surface area (Å²) in [6.07, 6.45) is 1.39. The lowest BCUT2D eigenvalue weighted by Crippen LogP contribution is -2.26. The van der Waals surface area contributed by atoms with E-state index in [0.29, 0.717) is 12.0 Å². The zero-order chi connectivity index (χ0) is 13.5. The van der Waals surface area contributed by atoms with Crippen molar-refractivity contribution in [3.63, 3.8) is 0 Å². The van der Waals surface area contributed by atoms with Gasteiger partial charge in [-0.3, -0.25) is 0 Å². The highest BCUT2D eigenvalue weighted by Crippen LogP contribution is 2.16. The molecule has 2 nitrogen and oxygen atoms in total. The molecule has 0 saturated heterocycles. The van der Waals surface area contributed by atoms with E-state index in [-0.39, 0.29) is 6.04 Å². The summed E-state index contributed by atoms with van der Waals surface area (Å²) in [5.74, 6) is 0.560. The molecule has 102 valence electrons. The van der Waals surface area contributed by atoms with E-state index in [2.05, 4.69) is 57.3 Å². The monoisotopic (exact) mass is 249 g/mol. The molecule has 18 heavy (non-hydrogen) atoms. The third-order valence-electron chi connectivity index (χ3n) is 3.60. The summed E-state index contributed by atoms with van der Waals surface area (Å²) >= 11 is 0. The van der Waals surface area contributed by atoms with E-state index in [4.69, 9.17) is 4.74 Å². The van der Waals surface area contributed by atoms with Gasteiger partial charge >= 0.3 is 0 Å². The fourth-order valence-corrected chi connectivity index (χ4v) is 1.77. The summed E-state index contributed by atoms with van der Waals surface area (Å²) in [4.78, 5) is 0. The first-order valence-electron chi connectivity index (χ1n) is 6.96. The van der Waals surface area contributed by atoms with Gasteiger partial charge in [0.2, 0.25) is 0 Å². The summed E-state index contributed by atoms with van der Waals surface area (Å²) < 4.78 is 5.90. The highest BCUT2D eigenvalue weighted by Gasteiger charge is 2.13. The molecule has 0 fully saturated rings. The van der Waals surface area contributed by atoms with Crippen LogP contribution in [0.4, 0.5) is 0 Å². The van der Waals surface area contributed by atoms with E-state index in [1.165, 1.54) is 11.1 Å². The van der Waals surface area contributed by atoms with E-state index >= 15 is 0 Å². The van der Waals surface area contributed by atoms with Gasteiger partial charge in [-0.15, -0.1) is 0 Å². The van der Waals surface area contributed by atoms with Gasteiger partial charge in [0, 0.05) is 0 Å². The van der Waals surface area contributed by atoms with Gasteiger partial charge in [-0.2, -0.15) is 0 Å². The Kier molecular flexibility index (Phi) is 6.37. The van der Waals surface area contributed by atoms with Crippen molar-refractivity contribution in [3.05, 3.63) is 35.4 Å². The molecule has 2 unspecified atom stereocenters. The number of ether oxygens (including phenoxy) is 1. The van der Waals surface area contributed by atoms with Gasteiger partial charge in [-0.25, -0.2) is 0 Å². The summed E-state index contributed by atoms with van der Waals surface area (Å²) in [6.45, 7) is 9.42. The average Bonchev–Trinajstić information content (AvgIpc) is 2.39. The quantitative estimate of drug-likeness (QED) is 0.797. The molecule has 1 rings (SSSR count). The van der Waals surface area contributed by atoms with Crippen molar-refractivity contribution >= 4 is 0 Å². The summed E-state index contributed by atoms with van der Waals surface area (Å²) in [7, 11) is 1.99. The van der Waals surface area contributed by atoms with Crippen LogP contribution in [-0.4, -0.2) is 19.8 Å². The van der Waals surface area contributed by atoms with Crippen molar-refractivity contribution in [1.29, 1.82) is 0 Å². The first kappa shape index (κ1) is 15.2. The standard InChI is InChI=1S/C16H27NO/c1-6-14-7-9-15(10-8-14)16(17-5)11-18-13(4)12(2)3/h7-10,12-13,16-17H,6,11H2,1-5H3. The average molecular weight is 249 g/mol. The van der Waals surface area contributed by atoms with Crippen LogP contribution in [0.1, 0.15) is 44.9 Å². The maximum absolute atomic E-state index is 5.90. The predicted molar refractivity (Wildman–Crippen MR) is 77.9 cm³/mol. The highest BCUT2D eigenvalue weighted by atomic mass is 16.5. The van der Waals surface area contributed by atoms with E-state index in [0.717, 1.165) is 13.0 Å². The lowest BCUT2D eigenvalue weighted by Gasteiger charge is -2.22. The van der Waals surface area contributed by atoms with E-state index in [1.54, 1.807) is 0 Å². The van der Waals surface area contributed by atoms with Gasteiger partial charge < -0.3 is 10.1 Å². The predicted octanol–water partition coefficient (Wildman–Crippen LogP) is 3.57. The molecule has 0 radical (unpaired) electrons. The Morgan fingerprint density at radius 3 is 2.17 bits per heavy atom. The Bertz CT molecular complexity index is 331.